The van der Waals surface area contributed by atoms with Gasteiger partial charge in [-0.05, 0) is 61.7 Å². The smallest absolute Gasteiger partial charge is 0.251 e. The normalized spacial score (nSPS) is 15.2. The molecule has 1 saturated heterocycles. The van der Waals surface area contributed by atoms with Crippen LogP contribution >= 0.6 is 0 Å². The van der Waals surface area contributed by atoms with Crippen molar-refractivity contribution in [3.05, 3.63) is 59.7 Å². The summed E-state index contributed by atoms with van der Waals surface area (Å²) < 4.78 is 54.1. The fourth-order valence-electron chi connectivity index (χ4n) is 3.17. The van der Waals surface area contributed by atoms with Crippen LogP contribution < -0.4 is 10.0 Å². The maximum absolute atomic E-state index is 12.6. The van der Waals surface area contributed by atoms with Crippen molar-refractivity contribution in [2.75, 3.05) is 19.6 Å². The van der Waals surface area contributed by atoms with Gasteiger partial charge in [0.25, 0.3) is 5.91 Å². The number of carbonyl (C=O) groups is 1. The molecule has 30 heavy (non-hydrogen) atoms. The molecule has 0 saturated carbocycles. The zero-order valence-corrected chi connectivity index (χ0v) is 18.3. The van der Waals surface area contributed by atoms with Crippen molar-refractivity contribution in [2.45, 2.75) is 36.1 Å². The summed E-state index contributed by atoms with van der Waals surface area (Å²) in [5, 5.41) is 2.70. The number of hydrogen-bond acceptors (Lipinski definition) is 5. The molecule has 2 N–H and O–H groups in total. The summed E-state index contributed by atoms with van der Waals surface area (Å²) in [6, 6.07) is 11.9. The molecule has 1 aliphatic heterocycles. The SMILES string of the molecule is CCNC(=O)c1ccc(CNS(=O)(=O)c2ccc(S(=O)(=O)N3CCCC3)cc2)cc1. The molecule has 2 aromatic carbocycles. The number of sulfonamides is 2. The molecule has 1 fully saturated rings. The van der Waals surface area contributed by atoms with Gasteiger partial charge in [0.2, 0.25) is 20.0 Å². The average molecular weight is 452 g/mol. The molecule has 2 aromatic rings. The summed E-state index contributed by atoms with van der Waals surface area (Å²) >= 11 is 0. The summed E-state index contributed by atoms with van der Waals surface area (Å²) in [7, 11) is -7.40. The van der Waals surface area contributed by atoms with E-state index in [1.165, 1.54) is 28.6 Å². The van der Waals surface area contributed by atoms with Gasteiger partial charge in [0.15, 0.2) is 0 Å². The van der Waals surface area contributed by atoms with Gasteiger partial charge in [-0.2, -0.15) is 4.31 Å². The minimum absolute atomic E-state index is 0.0122. The Hall–Kier alpha value is -2.27. The number of hydrogen-bond donors (Lipinski definition) is 2. The monoisotopic (exact) mass is 451 g/mol. The molecule has 0 aromatic heterocycles. The predicted molar refractivity (Wildman–Crippen MR) is 113 cm³/mol. The van der Waals surface area contributed by atoms with Crippen molar-refractivity contribution in [1.82, 2.24) is 14.3 Å². The lowest BCUT2D eigenvalue weighted by Crippen LogP contribution is -2.28. The number of benzene rings is 2. The molecule has 0 unspecified atom stereocenters. The molecule has 1 heterocycles. The van der Waals surface area contributed by atoms with Crippen molar-refractivity contribution < 1.29 is 21.6 Å². The van der Waals surface area contributed by atoms with Crippen LogP contribution in [-0.4, -0.2) is 46.7 Å². The molecule has 0 spiro atoms. The molecule has 10 heteroatoms. The lowest BCUT2D eigenvalue weighted by molar-refractivity contribution is 0.0956. The Morgan fingerprint density at radius 2 is 1.47 bits per heavy atom. The van der Waals surface area contributed by atoms with Crippen LogP contribution in [0.25, 0.3) is 0 Å². The molecule has 1 amide bonds. The molecule has 0 bridgehead atoms. The van der Waals surface area contributed by atoms with E-state index in [4.69, 9.17) is 0 Å². The average Bonchev–Trinajstić information content (AvgIpc) is 3.29. The minimum Gasteiger partial charge on any atom is -0.352 e. The van der Waals surface area contributed by atoms with Crippen LogP contribution in [0.15, 0.2) is 58.3 Å². The van der Waals surface area contributed by atoms with E-state index in [2.05, 4.69) is 10.0 Å². The number of nitrogens with zero attached hydrogens (tertiary/aromatic N) is 1. The van der Waals surface area contributed by atoms with Crippen LogP contribution in [0.4, 0.5) is 0 Å². The van der Waals surface area contributed by atoms with E-state index in [1.807, 2.05) is 6.92 Å². The highest BCUT2D eigenvalue weighted by Gasteiger charge is 2.27. The largest absolute Gasteiger partial charge is 0.352 e. The van der Waals surface area contributed by atoms with E-state index >= 15 is 0 Å². The van der Waals surface area contributed by atoms with Gasteiger partial charge in [-0.15, -0.1) is 0 Å². The molecule has 162 valence electrons. The van der Waals surface area contributed by atoms with Gasteiger partial charge in [0.1, 0.15) is 0 Å². The number of rotatable bonds is 8. The summed E-state index contributed by atoms with van der Waals surface area (Å²) in [5.41, 5.74) is 1.19. The molecular weight excluding hydrogens is 426 g/mol. The van der Waals surface area contributed by atoms with E-state index in [-0.39, 0.29) is 22.2 Å². The van der Waals surface area contributed by atoms with E-state index in [0.29, 0.717) is 30.8 Å². The van der Waals surface area contributed by atoms with Gasteiger partial charge in [-0.3, -0.25) is 4.79 Å². The van der Waals surface area contributed by atoms with Gasteiger partial charge in [0.05, 0.1) is 9.79 Å². The Labute approximate surface area is 177 Å². The first-order chi connectivity index (χ1) is 14.2. The Bertz CT molecular complexity index is 1090. The van der Waals surface area contributed by atoms with Crippen molar-refractivity contribution >= 4 is 26.0 Å². The number of carbonyl (C=O) groups excluding carboxylic acids is 1. The van der Waals surface area contributed by atoms with Gasteiger partial charge in [0, 0.05) is 31.7 Å². The minimum atomic E-state index is -3.81. The first kappa shape index (κ1) is 22.4. The fourth-order valence-corrected chi connectivity index (χ4v) is 5.70. The molecule has 1 aliphatic rings. The standard InChI is InChI=1S/C20H25N3O5S2/c1-2-21-20(24)17-7-5-16(6-8-17)15-22-29(25,26)18-9-11-19(12-10-18)30(27,28)23-13-3-4-14-23/h5-12,22H,2-4,13-15H2,1H3,(H,21,24). The Kier molecular flexibility index (Phi) is 6.91. The topological polar surface area (TPSA) is 113 Å². The summed E-state index contributed by atoms with van der Waals surface area (Å²) in [5.74, 6) is -0.186. The summed E-state index contributed by atoms with van der Waals surface area (Å²) in [6.45, 7) is 3.38. The van der Waals surface area contributed by atoms with Crippen LogP contribution in [-0.2, 0) is 26.6 Å². The van der Waals surface area contributed by atoms with Crippen LogP contribution in [0.1, 0.15) is 35.7 Å². The highest BCUT2D eigenvalue weighted by molar-refractivity contribution is 7.89. The second-order valence-corrected chi connectivity index (χ2v) is 10.7. The third kappa shape index (κ3) is 5.07. The molecule has 0 radical (unpaired) electrons. The quantitative estimate of drug-likeness (QED) is 0.634. The number of nitrogens with one attached hydrogen (secondary N) is 2. The Balaban J connectivity index is 1.66. The van der Waals surface area contributed by atoms with Gasteiger partial charge in [-0.1, -0.05) is 12.1 Å². The van der Waals surface area contributed by atoms with Crippen LogP contribution in [0.5, 0.6) is 0 Å². The lowest BCUT2D eigenvalue weighted by atomic mass is 10.1. The van der Waals surface area contributed by atoms with Gasteiger partial charge < -0.3 is 5.32 Å². The second-order valence-electron chi connectivity index (χ2n) is 6.96. The first-order valence-electron chi connectivity index (χ1n) is 9.71. The zero-order valence-electron chi connectivity index (χ0n) is 16.7. The van der Waals surface area contributed by atoms with E-state index in [9.17, 15) is 21.6 Å². The molecule has 3 rings (SSSR count). The highest BCUT2D eigenvalue weighted by Crippen LogP contribution is 2.22. The van der Waals surface area contributed by atoms with Crippen molar-refractivity contribution in [3.8, 4) is 0 Å². The fraction of sp³-hybridized carbons (Fsp3) is 0.350. The Morgan fingerprint density at radius 1 is 0.900 bits per heavy atom. The third-order valence-corrected chi connectivity index (χ3v) is 8.19. The van der Waals surface area contributed by atoms with Crippen molar-refractivity contribution in [2.24, 2.45) is 0 Å². The maximum atomic E-state index is 12.6. The zero-order chi connectivity index (χ0) is 21.8. The highest BCUT2D eigenvalue weighted by atomic mass is 32.2. The summed E-state index contributed by atoms with van der Waals surface area (Å²) in [6.07, 6.45) is 1.67. The molecular formula is C20H25N3O5S2. The predicted octanol–water partition coefficient (Wildman–Crippen LogP) is 1.70. The van der Waals surface area contributed by atoms with Crippen molar-refractivity contribution in [1.29, 1.82) is 0 Å². The second kappa shape index (κ2) is 9.25. The summed E-state index contributed by atoms with van der Waals surface area (Å²) in [4.78, 5) is 11.8. The van der Waals surface area contributed by atoms with Crippen molar-refractivity contribution in [3.63, 3.8) is 0 Å². The maximum Gasteiger partial charge on any atom is 0.251 e. The van der Waals surface area contributed by atoms with E-state index < -0.39 is 20.0 Å². The number of amides is 1. The Morgan fingerprint density at radius 3 is 2.03 bits per heavy atom. The molecule has 0 atom stereocenters. The first-order valence-corrected chi connectivity index (χ1v) is 12.6. The van der Waals surface area contributed by atoms with Gasteiger partial charge in [-0.25, -0.2) is 21.6 Å². The molecule has 8 nitrogen and oxygen atoms in total. The van der Waals surface area contributed by atoms with E-state index in [0.717, 1.165) is 12.8 Å². The molecule has 0 aliphatic carbocycles. The van der Waals surface area contributed by atoms with Crippen LogP contribution in [0.2, 0.25) is 0 Å². The van der Waals surface area contributed by atoms with E-state index in [1.54, 1.807) is 24.3 Å². The van der Waals surface area contributed by atoms with Crippen LogP contribution in [0.3, 0.4) is 0 Å². The lowest BCUT2D eigenvalue weighted by Gasteiger charge is -2.15. The van der Waals surface area contributed by atoms with Crippen LogP contribution in [0, 0.1) is 0 Å². The van der Waals surface area contributed by atoms with Gasteiger partial charge >= 0.3 is 0 Å². The third-order valence-electron chi connectivity index (χ3n) is 4.86.